The second kappa shape index (κ2) is 6.23. The van der Waals surface area contributed by atoms with Crippen LogP contribution in [0.25, 0.3) is 0 Å². The minimum atomic E-state index is -0.222. The number of halogens is 1. The standard InChI is InChI=1S/C14H19FN2S/c1-3-10(4-2)13-9-16-14(18-13)17-12-7-5-6-11(15)8-12/h5-8,10,13H,3-4,9H2,1-2H3,(H,16,17). The van der Waals surface area contributed by atoms with Crippen molar-refractivity contribution < 1.29 is 4.39 Å². The van der Waals surface area contributed by atoms with Crippen molar-refractivity contribution in [3.05, 3.63) is 30.1 Å². The fourth-order valence-corrected chi connectivity index (χ4v) is 3.55. The lowest BCUT2D eigenvalue weighted by molar-refractivity contribution is 0.479. The Hall–Kier alpha value is -1.03. The number of amidine groups is 1. The molecule has 18 heavy (non-hydrogen) atoms. The third-order valence-electron chi connectivity index (χ3n) is 3.33. The van der Waals surface area contributed by atoms with Crippen LogP contribution in [0.4, 0.5) is 10.1 Å². The Morgan fingerprint density at radius 1 is 1.44 bits per heavy atom. The fraction of sp³-hybridized carbons (Fsp3) is 0.500. The Morgan fingerprint density at radius 2 is 2.22 bits per heavy atom. The Kier molecular flexibility index (Phi) is 4.64. The molecule has 98 valence electrons. The van der Waals surface area contributed by atoms with E-state index in [2.05, 4.69) is 24.2 Å². The first-order valence-corrected chi connectivity index (χ1v) is 7.34. The van der Waals surface area contributed by atoms with Crippen molar-refractivity contribution in [1.29, 1.82) is 0 Å². The summed E-state index contributed by atoms with van der Waals surface area (Å²) in [7, 11) is 0. The molecule has 0 spiro atoms. The Labute approximate surface area is 112 Å². The lowest BCUT2D eigenvalue weighted by Crippen LogP contribution is -2.17. The highest BCUT2D eigenvalue weighted by molar-refractivity contribution is 8.15. The molecule has 0 amide bonds. The second-order valence-corrected chi connectivity index (χ2v) is 5.74. The first-order valence-electron chi connectivity index (χ1n) is 6.46. The van der Waals surface area contributed by atoms with Gasteiger partial charge >= 0.3 is 0 Å². The number of rotatable bonds is 4. The maximum absolute atomic E-state index is 13.1. The van der Waals surface area contributed by atoms with Crippen molar-refractivity contribution in [2.45, 2.75) is 31.9 Å². The van der Waals surface area contributed by atoms with E-state index in [0.29, 0.717) is 11.2 Å². The van der Waals surface area contributed by atoms with Crippen molar-refractivity contribution in [2.75, 3.05) is 11.9 Å². The fourth-order valence-electron chi connectivity index (χ4n) is 2.21. The number of nitrogens with zero attached hydrogens (tertiary/aromatic N) is 1. The van der Waals surface area contributed by atoms with Gasteiger partial charge in [0.1, 0.15) is 5.82 Å². The first kappa shape index (κ1) is 13.4. The zero-order valence-corrected chi connectivity index (χ0v) is 11.6. The number of nitrogens with one attached hydrogen (secondary N) is 1. The summed E-state index contributed by atoms with van der Waals surface area (Å²) >= 11 is 1.79. The summed E-state index contributed by atoms with van der Waals surface area (Å²) in [5.74, 6) is 0.491. The molecule has 0 fully saturated rings. The van der Waals surface area contributed by atoms with Gasteiger partial charge in [0.2, 0.25) is 0 Å². The van der Waals surface area contributed by atoms with Crippen LogP contribution >= 0.6 is 11.8 Å². The third-order valence-corrected chi connectivity index (χ3v) is 4.62. The molecule has 1 atom stereocenters. The van der Waals surface area contributed by atoms with Gasteiger partial charge < -0.3 is 5.32 Å². The molecule has 4 heteroatoms. The number of benzene rings is 1. The number of hydrogen-bond donors (Lipinski definition) is 1. The van der Waals surface area contributed by atoms with E-state index in [0.717, 1.165) is 17.4 Å². The predicted molar refractivity (Wildman–Crippen MR) is 77.8 cm³/mol. The zero-order chi connectivity index (χ0) is 13.0. The summed E-state index contributed by atoms with van der Waals surface area (Å²) < 4.78 is 13.1. The van der Waals surface area contributed by atoms with E-state index in [4.69, 9.17) is 0 Å². The molecular formula is C14H19FN2S. The van der Waals surface area contributed by atoms with E-state index in [1.165, 1.54) is 25.0 Å². The van der Waals surface area contributed by atoms with Gasteiger partial charge in [-0.2, -0.15) is 0 Å². The summed E-state index contributed by atoms with van der Waals surface area (Å²) in [5, 5.41) is 4.67. The van der Waals surface area contributed by atoms with Crippen molar-refractivity contribution in [2.24, 2.45) is 10.9 Å². The molecule has 1 aromatic rings. The summed E-state index contributed by atoms with van der Waals surface area (Å²) in [4.78, 5) is 4.50. The molecule has 2 rings (SSSR count). The first-order chi connectivity index (χ1) is 8.72. The monoisotopic (exact) mass is 266 g/mol. The van der Waals surface area contributed by atoms with Gasteiger partial charge in [0, 0.05) is 10.9 Å². The van der Waals surface area contributed by atoms with Gasteiger partial charge in [0.05, 0.1) is 6.54 Å². The van der Waals surface area contributed by atoms with E-state index < -0.39 is 0 Å². The van der Waals surface area contributed by atoms with Crippen LogP contribution in [-0.4, -0.2) is 17.0 Å². The summed E-state index contributed by atoms with van der Waals surface area (Å²) in [6, 6.07) is 6.50. The highest BCUT2D eigenvalue weighted by Gasteiger charge is 2.25. The van der Waals surface area contributed by atoms with E-state index >= 15 is 0 Å². The lowest BCUT2D eigenvalue weighted by atomic mass is 9.99. The molecule has 1 N–H and O–H groups in total. The zero-order valence-electron chi connectivity index (χ0n) is 10.8. The number of anilines is 1. The topological polar surface area (TPSA) is 24.4 Å². The summed E-state index contributed by atoms with van der Waals surface area (Å²) in [6.45, 7) is 5.33. The Balaban J connectivity index is 1.93. The van der Waals surface area contributed by atoms with Gasteiger partial charge in [-0.3, -0.25) is 4.99 Å². The molecule has 0 saturated carbocycles. The maximum atomic E-state index is 13.1. The van der Waals surface area contributed by atoms with E-state index in [1.807, 2.05) is 6.07 Å². The van der Waals surface area contributed by atoms with Crippen LogP contribution in [-0.2, 0) is 0 Å². The van der Waals surface area contributed by atoms with Crippen molar-refractivity contribution in [3.8, 4) is 0 Å². The molecular weight excluding hydrogens is 247 g/mol. The third kappa shape index (κ3) is 3.25. The van der Waals surface area contributed by atoms with Crippen LogP contribution in [0.1, 0.15) is 26.7 Å². The molecule has 1 aliphatic rings. The average Bonchev–Trinajstić information content (AvgIpc) is 2.79. The molecule has 1 heterocycles. The van der Waals surface area contributed by atoms with Gasteiger partial charge in [0.25, 0.3) is 0 Å². The highest BCUT2D eigenvalue weighted by Crippen LogP contribution is 2.31. The van der Waals surface area contributed by atoms with Gasteiger partial charge in [-0.05, 0) is 24.1 Å². The molecule has 1 unspecified atom stereocenters. The minimum absolute atomic E-state index is 0.222. The van der Waals surface area contributed by atoms with Crippen molar-refractivity contribution >= 4 is 22.6 Å². The normalized spacial score (nSPS) is 19.1. The molecule has 1 aliphatic heterocycles. The molecule has 0 aliphatic carbocycles. The van der Waals surface area contributed by atoms with Gasteiger partial charge in [-0.1, -0.05) is 44.5 Å². The minimum Gasteiger partial charge on any atom is -0.335 e. The number of aliphatic imine (C=N–C) groups is 1. The molecule has 0 radical (unpaired) electrons. The van der Waals surface area contributed by atoms with E-state index in [-0.39, 0.29) is 5.82 Å². The Morgan fingerprint density at radius 3 is 2.89 bits per heavy atom. The second-order valence-electron chi connectivity index (χ2n) is 4.51. The smallest absolute Gasteiger partial charge is 0.161 e. The SMILES string of the molecule is CCC(CC)C1CN=C(Nc2cccc(F)c2)S1. The molecule has 0 saturated heterocycles. The van der Waals surface area contributed by atoms with Crippen LogP contribution < -0.4 is 5.32 Å². The molecule has 1 aromatic carbocycles. The summed E-state index contributed by atoms with van der Waals surface area (Å²) in [6.07, 6.45) is 2.38. The van der Waals surface area contributed by atoms with Crippen LogP contribution in [0.3, 0.4) is 0 Å². The molecule has 0 aromatic heterocycles. The van der Waals surface area contributed by atoms with E-state index in [9.17, 15) is 4.39 Å². The molecule has 2 nitrogen and oxygen atoms in total. The summed E-state index contributed by atoms with van der Waals surface area (Å²) in [5.41, 5.74) is 0.770. The molecule has 0 bridgehead atoms. The highest BCUT2D eigenvalue weighted by atomic mass is 32.2. The van der Waals surface area contributed by atoms with Crippen LogP contribution in [0.2, 0.25) is 0 Å². The van der Waals surface area contributed by atoms with Crippen LogP contribution in [0, 0.1) is 11.7 Å². The average molecular weight is 266 g/mol. The maximum Gasteiger partial charge on any atom is 0.161 e. The lowest BCUT2D eigenvalue weighted by Gasteiger charge is -2.18. The quantitative estimate of drug-likeness (QED) is 0.885. The van der Waals surface area contributed by atoms with Crippen molar-refractivity contribution in [1.82, 2.24) is 0 Å². The number of thioether (sulfide) groups is 1. The Bertz CT molecular complexity index is 430. The van der Waals surface area contributed by atoms with Crippen LogP contribution in [0.5, 0.6) is 0 Å². The van der Waals surface area contributed by atoms with Gasteiger partial charge in [0.15, 0.2) is 5.17 Å². The van der Waals surface area contributed by atoms with Crippen LogP contribution in [0.15, 0.2) is 29.3 Å². The van der Waals surface area contributed by atoms with Gasteiger partial charge in [-0.15, -0.1) is 0 Å². The van der Waals surface area contributed by atoms with Crippen molar-refractivity contribution in [3.63, 3.8) is 0 Å². The number of hydrogen-bond acceptors (Lipinski definition) is 3. The largest absolute Gasteiger partial charge is 0.335 e. The predicted octanol–water partition coefficient (Wildman–Crippen LogP) is 4.15. The van der Waals surface area contributed by atoms with E-state index in [1.54, 1.807) is 17.8 Å². The van der Waals surface area contributed by atoms with Gasteiger partial charge in [-0.25, -0.2) is 4.39 Å².